The average molecular weight is 775 g/mol. The molecule has 0 aliphatic carbocycles. The van der Waals surface area contributed by atoms with Crippen molar-refractivity contribution in [3.05, 3.63) is 157 Å². The van der Waals surface area contributed by atoms with Gasteiger partial charge in [0.05, 0.1) is 5.52 Å². The van der Waals surface area contributed by atoms with Gasteiger partial charge in [-0.25, -0.2) is 9.97 Å². The third kappa shape index (κ3) is 7.51. The van der Waals surface area contributed by atoms with Gasteiger partial charge in [-0.2, -0.15) is 0 Å². The monoisotopic (exact) mass is 775 g/mol. The molecule has 0 saturated heterocycles. The number of aryl methyl sites for hydroxylation is 1. The molecule has 4 aromatic carbocycles. The molecule has 0 atom stereocenters. The number of hydrogen-bond donors (Lipinski definition) is 0. The molecule has 46 heavy (non-hydrogen) atoms. The van der Waals surface area contributed by atoms with Crippen LogP contribution in [0.1, 0.15) is 31.9 Å². The van der Waals surface area contributed by atoms with Crippen LogP contribution < -0.4 is 0 Å². The Labute approximate surface area is 285 Å². The Morgan fingerprint density at radius 1 is 0.609 bits per heavy atom. The molecule has 0 bridgehead atoms. The number of rotatable bonds is 4. The molecular formula is C41H34IrN4-2. The maximum Gasteiger partial charge on any atom is 0.116 e. The molecule has 5 heteroatoms. The van der Waals surface area contributed by atoms with Gasteiger partial charge in [0.2, 0.25) is 0 Å². The van der Waals surface area contributed by atoms with Crippen molar-refractivity contribution in [3.8, 4) is 44.8 Å². The third-order valence-corrected chi connectivity index (χ3v) is 7.67. The molecule has 3 heterocycles. The van der Waals surface area contributed by atoms with Gasteiger partial charge in [-0.1, -0.05) is 86.5 Å². The van der Waals surface area contributed by atoms with Gasteiger partial charge >= 0.3 is 0 Å². The summed E-state index contributed by atoms with van der Waals surface area (Å²) in [5.74, 6) is 0. The van der Waals surface area contributed by atoms with E-state index in [4.69, 9.17) is 0 Å². The van der Waals surface area contributed by atoms with Crippen LogP contribution >= 0.6 is 0 Å². The maximum atomic E-state index is 4.68. The number of hydrogen-bond acceptors (Lipinski definition) is 4. The molecule has 0 aliphatic heterocycles. The summed E-state index contributed by atoms with van der Waals surface area (Å²) in [6.45, 7) is 8.78. The molecule has 0 aliphatic rings. The fourth-order valence-electron chi connectivity index (χ4n) is 5.25. The van der Waals surface area contributed by atoms with Crippen molar-refractivity contribution >= 4 is 10.9 Å². The second kappa shape index (κ2) is 14.5. The third-order valence-electron chi connectivity index (χ3n) is 7.67. The average Bonchev–Trinajstić information content (AvgIpc) is 3.09. The molecular weight excluding hydrogens is 741 g/mol. The molecule has 229 valence electrons. The van der Waals surface area contributed by atoms with Crippen LogP contribution in [0.2, 0.25) is 0 Å². The van der Waals surface area contributed by atoms with Gasteiger partial charge in [0, 0.05) is 44.1 Å². The van der Waals surface area contributed by atoms with Crippen LogP contribution in [0.3, 0.4) is 0 Å². The van der Waals surface area contributed by atoms with Crippen LogP contribution in [0.25, 0.3) is 55.7 Å². The first-order valence-electron chi connectivity index (χ1n) is 15.0. The minimum absolute atomic E-state index is 0. The normalized spacial score (nSPS) is 10.9. The van der Waals surface area contributed by atoms with Crippen LogP contribution in [-0.2, 0) is 25.5 Å². The fraction of sp³-hybridized carbons (Fsp3) is 0.122. The van der Waals surface area contributed by atoms with E-state index < -0.39 is 0 Å². The van der Waals surface area contributed by atoms with Gasteiger partial charge in [-0.15, -0.1) is 65.7 Å². The van der Waals surface area contributed by atoms with Gasteiger partial charge in [-0.3, -0.25) is 0 Å². The van der Waals surface area contributed by atoms with Crippen LogP contribution in [0.5, 0.6) is 0 Å². The van der Waals surface area contributed by atoms with Gasteiger partial charge in [0.1, 0.15) is 6.33 Å². The number of nitrogens with zero attached hydrogens (tertiary/aromatic N) is 4. The van der Waals surface area contributed by atoms with Crippen LogP contribution in [-0.4, -0.2) is 19.9 Å². The van der Waals surface area contributed by atoms with Crippen LogP contribution in [0.4, 0.5) is 0 Å². The van der Waals surface area contributed by atoms with Gasteiger partial charge in [0.25, 0.3) is 0 Å². The first-order valence-corrected chi connectivity index (χ1v) is 15.0. The minimum Gasteiger partial charge on any atom is -0.305 e. The summed E-state index contributed by atoms with van der Waals surface area (Å²) < 4.78 is 0. The molecule has 0 fully saturated rings. The molecule has 4 nitrogen and oxygen atoms in total. The van der Waals surface area contributed by atoms with Crippen molar-refractivity contribution in [2.24, 2.45) is 0 Å². The summed E-state index contributed by atoms with van der Waals surface area (Å²) in [5.41, 5.74) is 11.9. The fourth-order valence-corrected chi connectivity index (χ4v) is 5.25. The molecule has 0 unspecified atom stereocenters. The van der Waals surface area contributed by atoms with Crippen molar-refractivity contribution < 1.29 is 20.1 Å². The second-order valence-corrected chi connectivity index (χ2v) is 12.0. The van der Waals surface area contributed by atoms with Crippen LogP contribution in [0.15, 0.2) is 134 Å². The Bertz CT molecular complexity index is 2050. The second-order valence-electron chi connectivity index (χ2n) is 12.0. The minimum atomic E-state index is 0. The molecule has 0 amide bonds. The number of pyridine rings is 2. The SMILES string of the molecule is CC(C)(C)c1cccc(-c2ccc(-c3cc[c-]c(-c4ccccn4)c3)c3ncncc23)c1.Cc1ccnc(-c2[c-]cccc2)c1.[Ir]. The van der Waals surface area contributed by atoms with E-state index >= 15 is 0 Å². The zero-order valence-corrected chi connectivity index (χ0v) is 28.7. The maximum absolute atomic E-state index is 4.68. The predicted molar refractivity (Wildman–Crippen MR) is 184 cm³/mol. The van der Waals surface area contributed by atoms with E-state index in [-0.39, 0.29) is 25.5 Å². The smallest absolute Gasteiger partial charge is 0.116 e. The summed E-state index contributed by atoms with van der Waals surface area (Å²) in [4.78, 5) is 17.8. The van der Waals surface area contributed by atoms with E-state index in [1.165, 1.54) is 16.7 Å². The zero-order chi connectivity index (χ0) is 31.2. The number of aromatic nitrogens is 4. The molecule has 0 saturated carbocycles. The zero-order valence-electron chi connectivity index (χ0n) is 26.3. The van der Waals surface area contributed by atoms with Crippen molar-refractivity contribution in [3.63, 3.8) is 0 Å². The number of fused-ring (bicyclic) bond motifs is 1. The van der Waals surface area contributed by atoms with Gasteiger partial charge in [0.15, 0.2) is 0 Å². The van der Waals surface area contributed by atoms with Crippen molar-refractivity contribution in [1.82, 2.24) is 19.9 Å². The largest absolute Gasteiger partial charge is 0.305 e. The summed E-state index contributed by atoms with van der Waals surface area (Å²) >= 11 is 0. The van der Waals surface area contributed by atoms with E-state index in [0.717, 1.165) is 50.1 Å². The summed E-state index contributed by atoms with van der Waals surface area (Å²) in [6.07, 6.45) is 7.17. The van der Waals surface area contributed by atoms with Crippen molar-refractivity contribution in [1.29, 1.82) is 0 Å². The topological polar surface area (TPSA) is 51.6 Å². The van der Waals surface area contributed by atoms with E-state index in [9.17, 15) is 0 Å². The Hall–Kier alpha value is -4.83. The van der Waals surface area contributed by atoms with E-state index in [2.05, 4.69) is 114 Å². The van der Waals surface area contributed by atoms with Gasteiger partial charge in [-0.05, 0) is 58.1 Å². The first-order chi connectivity index (χ1) is 21.9. The molecule has 7 rings (SSSR count). The van der Waals surface area contributed by atoms with Gasteiger partial charge < -0.3 is 9.97 Å². The Morgan fingerprint density at radius 3 is 2.15 bits per heavy atom. The first kappa shape index (κ1) is 32.6. The Kier molecular flexibility index (Phi) is 10.3. The Morgan fingerprint density at radius 2 is 1.39 bits per heavy atom. The van der Waals surface area contributed by atoms with E-state index in [1.54, 1.807) is 12.5 Å². The summed E-state index contributed by atoms with van der Waals surface area (Å²) in [6, 6.07) is 43.5. The summed E-state index contributed by atoms with van der Waals surface area (Å²) in [5, 5.41) is 1.04. The molecule has 1 radical (unpaired) electrons. The van der Waals surface area contributed by atoms with Crippen molar-refractivity contribution in [2.75, 3.05) is 0 Å². The van der Waals surface area contributed by atoms with Crippen molar-refractivity contribution in [2.45, 2.75) is 33.1 Å². The quantitative estimate of drug-likeness (QED) is 0.167. The Balaban J connectivity index is 0.000000250. The van der Waals surface area contributed by atoms with E-state index in [0.29, 0.717) is 0 Å². The molecule has 7 aromatic rings. The van der Waals surface area contributed by atoms with Crippen LogP contribution in [0, 0.1) is 19.1 Å². The summed E-state index contributed by atoms with van der Waals surface area (Å²) in [7, 11) is 0. The molecule has 0 spiro atoms. The standard InChI is InChI=1S/C29H24N3.C12H10N.Ir/c1-29(2,3)23-11-7-9-21(17-23)24-13-14-25(28-26(24)18-30-19-32-28)20-8-6-10-22(16-20)27-12-4-5-15-31-27;1-10-7-8-13-12(9-10)11-5-3-2-4-6-11;/h4-9,11-19H,1-3H3;2-5,7-9H,1H3;/q2*-1;. The number of benzene rings is 4. The molecule has 0 N–H and O–H groups in total. The molecule has 3 aromatic heterocycles. The van der Waals surface area contributed by atoms with E-state index in [1.807, 2.05) is 67.0 Å². The predicted octanol–water partition coefficient (Wildman–Crippen LogP) is 9.98.